The lowest BCUT2D eigenvalue weighted by molar-refractivity contribution is -0.141. The Hall–Kier alpha value is -3.16. The van der Waals surface area contributed by atoms with Crippen LogP contribution in [0.5, 0.6) is 5.75 Å². The van der Waals surface area contributed by atoms with Gasteiger partial charge in [0.05, 0.1) is 6.61 Å². The van der Waals surface area contributed by atoms with Crippen LogP contribution in [0.25, 0.3) is 10.4 Å². The van der Waals surface area contributed by atoms with E-state index in [1.54, 1.807) is 23.9 Å². The van der Waals surface area contributed by atoms with Gasteiger partial charge in [-0.1, -0.05) is 67.3 Å². The van der Waals surface area contributed by atoms with Crippen LogP contribution in [0.15, 0.2) is 59.7 Å². The van der Waals surface area contributed by atoms with Crippen LogP contribution in [0.1, 0.15) is 50.7 Å². The van der Waals surface area contributed by atoms with E-state index in [4.69, 9.17) is 10.3 Å². The van der Waals surface area contributed by atoms with Gasteiger partial charge in [0.15, 0.2) is 0 Å². The number of carboxylic acid groups (broad SMARTS) is 1. The van der Waals surface area contributed by atoms with E-state index in [2.05, 4.69) is 22.3 Å². The number of unbranched alkanes of at least 4 members (excludes halogenated alkanes) is 2. The molecule has 190 valence electrons. The molecule has 0 aliphatic carbocycles. The second-order valence-corrected chi connectivity index (χ2v) is 8.79. The zero-order chi connectivity index (χ0) is 25.7. The van der Waals surface area contributed by atoms with Crippen molar-refractivity contribution in [2.24, 2.45) is 5.11 Å². The maximum atomic E-state index is 12.1. The summed E-state index contributed by atoms with van der Waals surface area (Å²) in [6.07, 6.45) is 3.91. The minimum Gasteiger partial charge on any atom is -0.494 e. The predicted octanol–water partition coefficient (Wildman–Crippen LogP) is 6.01. The number of azide groups is 1. The quantitative estimate of drug-likeness (QED) is 0.134. The molecule has 0 spiro atoms. The highest BCUT2D eigenvalue weighted by Gasteiger charge is 2.20. The number of nitrogens with zero attached hydrogens (tertiary/aromatic N) is 3. The highest BCUT2D eigenvalue weighted by Crippen LogP contribution is 2.15. The van der Waals surface area contributed by atoms with E-state index in [0.717, 1.165) is 23.5 Å². The van der Waals surface area contributed by atoms with Crippen LogP contribution in [-0.4, -0.2) is 41.9 Å². The Morgan fingerprint density at radius 1 is 1.09 bits per heavy atom. The van der Waals surface area contributed by atoms with Crippen LogP contribution in [0.3, 0.4) is 0 Å². The summed E-state index contributed by atoms with van der Waals surface area (Å²) < 4.78 is 5.38. The molecule has 0 saturated heterocycles. The molecule has 2 rings (SSSR count). The molecule has 2 N–H and O–H groups in total. The summed E-state index contributed by atoms with van der Waals surface area (Å²) in [6.45, 7) is 5.26. The van der Waals surface area contributed by atoms with Gasteiger partial charge in [-0.05, 0) is 42.1 Å². The molecule has 0 aliphatic rings. The highest BCUT2D eigenvalue weighted by molar-refractivity contribution is 7.98. The van der Waals surface area contributed by atoms with Crippen LogP contribution >= 0.6 is 11.8 Å². The number of carbonyl (C=O) groups is 2. The molecular weight excluding hydrogens is 464 g/mol. The number of ether oxygens (including phenoxy) is 1. The number of thioether (sulfide) groups is 1. The Morgan fingerprint density at radius 3 is 2.40 bits per heavy atom. The molecule has 1 atom stereocenters. The van der Waals surface area contributed by atoms with Crippen LogP contribution in [-0.2, 0) is 21.8 Å². The van der Waals surface area contributed by atoms with Gasteiger partial charge >= 0.3 is 5.97 Å². The standard InChI is InChI=1S/C21H25NO4S.C5H11N3/c1-2-26-18-10-8-16(9-11-18)14-19(21(24)25)22-20(23)12-13-27-15-17-6-4-3-5-7-17;1-2-3-4-5-7-8-6/h3-11,19H,2,12-15H2,1H3,(H,22,23)(H,24,25);2-5H2,1H3. The summed E-state index contributed by atoms with van der Waals surface area (Å²) in [5, 5.41) is 15.4. The van der Waals surface area contributed by atoms with Crippen LogP contribution in [0.2, 0.25) is 0 Å². The Morgan fingerprint density at radius 2 is 1.80 bits per heavy atom. The molecule has 1 unspecified atom stereocenters. The highest BCUT2D eigenvalue weighted by atomic mass is 32.2. The van der Waals surface area contributed by atoms with E-state index in [9.17, 15) is 14.7 Å². The van der Waals surface area contributed by atoms with Gasteiger partial charge in [0.2, 0.25) is 5.91 Å². The summed E-state index contributed by atoms with van der Waals surface area (Å²) in [5.74, 6) is 0.953. The van der Waals surface area contributed by atoms with Crippen molar-refractivity contribution in [3.05, 3.63) is 76.2 Å². The molecule has 0 aliphatic heterocycles. The lowest BCUT2D eigenvalue weighted by Crippen LogP contribution is -2.42. The number of rotatable bonds is 15. The molecule has 0 aromatic heterocycles. The molecule has 2 aromatic rings. The fourth-order valence-corrected chi connectivity index (χ4v) is 3.90. The smallest absolute Gasteiger partial charge is 0.326 e. The minimum absolute atomic E-state index is 0.241. The van der Waals surface area contributed by atoms with Crippen molar-refractivity contribution in [3.8, 4) is 5.75 Å². The molecule has 0 saturated carbocycles. The number of aliphatic carboxylic acids is 1. The maximum Gasteiger partial charge on any atom is 0.326 e. The Bertz CT molecular complexity index is 903. The number of hydrogen-bond acceptors (Lipinski definition) is 5. The number of hydrogen-bond donors (Lipinski definition) is 2. The van der Waals surface area contributed by atoms with Gasteiger partial charge in [-0.15, -0.1) is 0 Å². The SMILES string of the molecule is CCCCCN=[N+]=[N-].CCOc1ccc(CC(NC(=O)CCSCc2ccccc2)C(=O)O)cc1. The Balaban J connectivity index is 0.000000658. The zero-order valence-corrected chi connectivity index (χ0v) is 21.4. The first-order chi connectivity index (χ1) is 17.0. The van der Waals surface area contributed by atoms with E-state index in [0.29, 0.717) is 25.3 Å². The van der Waals surface area contributed by atoms with Crippen molar-refractivity contribution < 1.29 is 19.4 Å². The van der Waals surface area contributed by atoms with Gasteiger partial charge in [0.1, 0.15) is 11.8 Å². The molecule has 0 heterocycles. The molecular formula is C26H36N4O4S. The molecule has 0 fully saturated rings. The average molecular weight is 501 g/mol. The van der Waals surface area contributed by atoms with Gasteiger partial charge in [0, 0.05) is 35.8 Å². The van der Waals surface area contributed by atoms with Crippen molar-refractivity contribution in [1.82, 2.24) is 5.32 Å². The second-order valence-electron chi connectivity index (χ2n) is 7.69. The average Bonchev–Trinajstić information content (AvgIpc) is 2.86. The normalized spacial score (nSPS) is 10.8. The van der Waals surface area contributed by atoms with Gasteiger partial charge in [0.25, 0.3) is 0 Å². The summed E-state index contributed by atoms with van der Waals surface area (Å²) >= 11 is 1.66. The van der Waals surface area contributed by atoms with Gasteiger partial charge in [-0.25, -0.2) is 4.79 Å². The van der Waals surface area contributed by atoms with Crippen molar-refractivity contribution in [2.75, 3.05) is 18.9 Å². The molecule has 8 nitrogen and oxygen atoms in total. The molecule has 0 radical (unpaired) electrons. The summed E-state index contributed by atoms with van der Waals surface area (Å²) in [6, 6.07) is 16.4. The summed E-state index contributed by atoms with van der Waals surface area (Å²) in [4.78, 5) is 26.2. The number of benzene rings is 2. The Labute approximate surface area is 212 Å². The van der Waals surface area contributed by atoms with E-state index >= 15 is 0 Å². The summed E-state index contributed by atoms with van der Waals surface area (Å²) in [5.41, 5.74) is 9.87. The van der Waals surface area contributed by atoms with Gasteiger partial charge in [-0.3, -0.25) is 4.79 Å². The first-order valence-electron chi connectivity index (χ1n) is 11.9. The van der Waals surface area contributed by atoms with E-state index in [-0.39, 0.29) is 12.3 Å². The summed E-state index contributed by atoms with van der Waals surface area (Å²) in [7, 11) is 0. The predicted molar refractivity (Wildman–Crippen MR) is 142 cm³/mol. The van der Waals surface area contributed by atoms with Crippen molar-refractivity contribution in [1.29, 1.82) is 0 Å². The lowest BCUT2D eigenvalue weighted by atomic mass is 10.1. The number of carboxylic acids is 1. The third-order valence-corrected chi connectivity index (χ3v) is 5.85. The van der Waals surface area contributed by atoms with Gasteiger partial charge < -0.3 is 15.2 Å². The van der Waals surface area contributed by atoms with Crippen LogP contribution < -0.4 is 10.1 Å². The monoisotopic (exact) mass is 500 g/mol. The van der Waals surface area contributed by atoms with Crippen molar-refractivity contribution in [3.63, 3.8) is 0 Å². The first-order valence-corrected chi connectivity index (χ1v) is 13.0. The van der Waals surface area contributed by atoms with E-state index < -0.39 is 12.0 Å². The van der Waals surface area contributed by atoms with Crippen LogP contribution in [0, 0.1) is 0 Å². The zero-order valence-electron chi connectivity index (χ0n) is 20.6. The number of nitrogens with one attached hydrogen (secondary N) is 1. The molecule has 0 bridgehead atoms. The second kappa shape index (κ2) is 19.2. The van der Waals surface area contributed by atoms with Crippen molar-refractivity contribution in [2.45, 2.75) is 57.7 Å². The van der Waals surface area contributed by atoms with E-state index in [1.807, 2.05) is 49.4 Å². The Kier molecular flexibility index (Phi) is 16.4. The largest absolute Gasteiger partial charge is 0.494 e. The number of amides is 1. The molecule has 35 heavy (non-hydrogen) atoms. The lowest BCUT2D eigenvalue weighted by Gasteiger charge is -2.15. The third kappa shape index (κ3) is 14.7. The van der Waals surface area contributed by atoms with Crippen LogP contribution in [0.4, 0.5) is 0 Å². The molecule has 1 amide bonds. The fourth-order valence-electron chi connectivity index (χ4n) is 3.00. The number of carbonyl (C=O) groups excluding carboxylic acids is 1. The van der Waals surface area contributed by atoms with Crippen molar-refractivity contribution >= 4 is 23.6 Å². The first kappa shape index (κ1) is 29.9. The minimum atomic E-state index is -1.03. The topological polar surface area (TPSA) is 124 Å². The van der Waals surface area contributed by atoms with E-state index in [1.165, 1.54) is 18.4 Å². The molecule has 9 heteroatoms. The third-order valence-electron chi connectivity index (χ3n) is 4.82. The van der Waals surface area contributed by atoms with Gasteiger partial charge in [-0.2, -0.15) is 11.8 Å². The molecule has 2 aromatic carbocycles. The maximum absolute atomic E-state index is 12.1. The fraction of sp³-hybridized carbons (Fsp3) is 0.462.